The minimum atomic E-state index is -4.90. The number of nitrogens with two attached hydrogens (primary N) is 1. The molecule has 0 aromatic heterocycles. The van der Waals surface area contributed by atoms with Gasteiger partial charge < -0.3 is 18.7 Å². The monoisotopic (exact) mass is 282 g/mol. The summed E-state index contributed by atoms with van der Waals surface area (Å²) in [5.41, 5.74) is 5.94. The molecular weight excluding hydrogens is 267 g/mol. The number of halogens is 3. The molecule has 2 N–H and O–H groups in total. The Morgan fingerprint density at radius 3 is 2.61 bits per heavy atom. The summed E-state index contributed by atoms with van der Waals surface area (Å²) in [6, 6.07) is 5.72. The summed E-state index contributed by atoms with van der Waals surface area (Å²) >= 11 is 0. The molecule has 0 saturated carbocycles. The zero-order valence-electron chi connectivity index (χ0n) is 10.5. The third kappa shape index (κ3) is 4.63. The summed E-state index contributed by atoms with van der Waals surface area (Å²) in [6.07, 6.45) is 0.920. The van der Waals surface area contributed by atoms with Gasteiger partial charge in [-0.25, -0.2) is 0 Å². The largest absolute Gasteiger partial charge is 1.00 e. The maximum absolute atomic E-state index is 12.6. The van der Waals surface area contributed by atoms with E-state index >= 15 is 0 Å². The topological polar surface area (TPSA) is 29.3 Å². The van der Waals surface area contributed by atoms with E-state index in [1.165, 1.54) is 12.1 Å². The Hall–Kier alpha value is 0.631. The molecule has 0 aliphatic carbocycles. The quantitative estimate of drug-likeness (QED) is 0.668. The summed E-state index contributed by atoms with van der Waals surface area (Å²) in [4.78, 5) is 2.09. The van der Waals surface area contributed by atoms with E-state index < -0.39 is 12.4 Å². The fraction of sp³-hybridized carbons (Fsp3) is 0.455. The summed E-state index contributed by atoms with van der Waals surface area (Å²) < 4.78 is 37.7. The second kappa shape index (κ2) is 6.88. The molecule has 1 aromatic rings. The van der Waals surface area contributed by atoms with Gasteiger partial charge >= 0.3 is 58.4 Å². The van der Waals surface area contributed by atoms with Crippen LogP contribution in [-0.4, -0.2) is 31.0 Å². The molecule has 94 valence electrons. The van der Waals surface area contributed by atoms with Crippen LogP contribution in [0.15, 0.2) is 24.3 Å². The van der Waals surface area contributed by atoms with Crippen LogP contribution >= 0.6 is 0 Å². The van der Waals surface area contributed by atoms with Gasteiger partial charge in [0.1, 0.15) is 0 Å². The zero-order valence-corrected chi connectivity index (χ0v) is 13.6. The molecule has 2 rings (SSSR count). The minimum Gasteiger partial charge on any atom is -0.445 e. The van der Waals surface area contributed by atoms with Crippen molar-refractivity contribution < 1.29 is 64.3 Å². The average molecular weight is 282 g/mol. The van der Waals surface area contributed by atoms with Crippen LogP contribution in [-0.2, 0) is 6.54 Å². The molecule has 1 atom stereocenters. The molecule has 18 heavy (non-hydrogen) atoms. The molecule has 1 aliphatic rings. The molecule has 1 saturated heterocycles. The Morgan fingerprint density at radius 2 is 2.06 bits per heavy atom. The van der Waals surface area contributed by atoms with Crippen LogP contribution in [0.1, 0.15) is 12.0 Å². The van der Waals surface area contributed by atoms with Gasteiger partial charge in [0.15, 0.2) is 0 Å². The molecule has 0 unspecified atom stereocenters. The maximum Gasteiger partial charge on any atom is 1.00 e. The Labute approximate surface area is 148 Å². The molecule has 7 heteroatoms. The number of likely N-dealkylation sites (tertiary alicyclic amines) is 1. The van der Waals surface area contributed by atoms with E-state index in [1.807, 2.05) is 0 Å². The van der Waals surface area contributed by atoms with Crippen LogP contribution in [0.4, 0.5) is 12.9 Å². The smallest absolute Gasteiger partial charge is 0.445 e. The van der Waals surface area contributed by atoms with Gasteiger partial charge in [0, 0.05) is 25.7 Å². The van der Waals surface area contributed by atoms with Crippen molar-refractivity contribution >= 4 is 12.4 Å². The Morgan fingerprint density at radius 1 is 1.33 bits per heavy atom. The van der Waals surface area contributed by atoms with Gasteiger partial charge in [-0.15, -0.1) is 5.46 Å². The van der Waals surface area contributed by atoms with Gasteiger partial charge in [-0.3, -0.25) is 4.90 Å². The van der Waals surface area contributed by atoms with E-state index in [9.17, 15) is 12.9 Å². The van der Waals surface area contributed by atoms with Crippen molar-refractivity contribution in [3.8, 4) is 0 Å². The number of rotatable bonds is 3. The van der Waals surface area contributed by atoms with Crippen LogP contribution < -0.4 is 62.6 Å². The van der Waals surface area contributed by atoms with Crippen molar-refractivity contribution in [2.75, 3.05) is 13.1 Å². The zero-order chi connectivity index (χ0) is 12.5. The minimum absolute atomic E-state index is 0. The third-order valence-corrected chi connectivity index (χ3v) is 3.04. The summed E-state index contributed by atoms with van der Waals surface area (Å²) in [5, 5.41) is 0. The van der Waals surface area contributed by atoms with Crippen LogP contribution in [0.5, 0.6) is 0 Å². The fourth-order valence-electron chi connectivity index (χ4n) is 2.16. The molecule has 2 nitrogen and oxygen atoms in total. The van der Waals surface area contributed by atoms with E-state index in [4.69, 9.17) is 5.73 Å². The number of nitrogens with zero attached hydrogens (tertiary/aromatic N) is 1. The van der Waals surface area contributed by atoms with Crippen LogP contribution in [0.25, 0.3) is 0 Å². The van der Waals surface area contributed by atoms with E-state index in [0.717, 1.165) is 25.6 Å². The predicted octanol–water partition coefficient (Wildman–Crippen LogP) is -1.72. The molecule has 1 heterocycles. The second-order valence-electron chi connectivity index (χ2n) is 4.60. The number of benzene rings is 1. The SMILES string of the molecule is N[C@@H]1CCN(Cc2cccc([B-](F)(F)F)c2)C1.[K+]. The van der Waals surface area contributed by atoms with Crippen LogP contribution in [0.3, 0.4) is 0 Å². The first-order chi connectivity index (χ1) is 7.95. The average Bonchev–Trinajstić information content (AvgIpc) is 2.63. The third-order valence-electron chi connectivity index (χ3n) is 3.04. The van der Waals surface area contributed by atoms with E-state index in [-0.39, 0.29) is 57.4 Å². The summed E-state index contributed by atoms with van der Waals surface area (Å²) in [5.74, 6) is 0. The Balaban J connectivity index is 0.00000162. The summed E-state index contributed by atoms with van der Waals surface area (Å²) in [6.45, 7) is -2.72. The molecule has 1 aliphatic heterocycles. The normalized spacial score (nSPS) is 20.8. The molecule has 0 bridgehead atoms. The van der Waals surface area contributed by atoms with Crippen molar-refractivity contribution in [3.63, 3.8) is 0 Å². The second-order valence-corrected chi connectivity index (χ2v) is 4.60. The first-order valence-corrected chi connectivity index (χ1v) is 5.72. The molecule has 0 radical (unpaired) electrons. The van der Waals surface area contributed by atoms with Crippen LogP contribution in [0.2, 0.25) is 0 Å². The first kappa shape index (κ1) is 16.7. The van der Waals surface area contributed by atoms with Gasteiger partial charge in [-0.05, 0) is 12.0 Å². The van der Waals surface area contributed by atoms with Gasteiger partial charge in [0.05, 0.1) is 0 Å². The van der Waals surface area contributed by atoms with Crippen molar-refractivity contribution in [3.05, 3.63) is 29.8 Å². The molecular formula is C11H15BF3KN2. The fourth-order valence-corrected chi connectivity index (χ4v) is 2.16. The van der Waals surface area contributed by atoms with Crippen molar-refractivity contribution in [2.45, 2.75) is 19.0 Å². The van der Waals surface area contributed by atoms with Gasteiger partial charge in [0.2, 0.25) is 0 Å². The van der Waals surface area contributed by atoms with Crippen molar-refractivity contribution in [1.82, 2.24) is 4.90 Å². The predicted molar refractivity (Wildman–Crippen MR) is 63.0 cm³/mol. The number of hydrogen-bond donors (Lipinski definition) is 1. The van der Waals surface area contributed by atoms with Gasteiger partial charge in [-0.1, -0.05) is 24.3 Å². The number of hydrogen-bond acceptors (Lipinski definition) is 2. The van der Waals surface area contributed by atoms with Crippen molar-refractivity contribution in [1.29, 1.82) is 0 Å². The maximum atomic E-state index is 12.6. The summed E-state index contributed by atoms with van der Waals surface area (Å²) in [7, 11) is 0. The Kier molecular flexibility index (Phi) is 6.37. The first-order valence-electron chi connectivity index (χ1n) is 5.72. The van der Waals surface area contributed by atoms with E-state index in [0.29, 0.717) is 12.1 Å². The molecule has 1 aromatic carbocycles. The standard InChI is InChI=1S/C11H15BF3N2.K/c13-12(14,15)10-3-1-2-9(6-10)7-17-5-4-11(16)8-17;/h1-3,6,11H,4-5,7-8,16H2;/q-1;+1/t11-;/m1./s1. The van der Waals surface area contributed by atoms with E-state index in [1.54, 1.807) is 6.07 Å². The van der Waals surface area contributed by atoms with E-state index in [2.05, 4.69) is 4.90 Å². The van der Waals surface area contributed by atoms with Crippen LogP contribution in [0, 0.1) is 0 Å². The van der Waals surface area contributed by atoms with Crippen molar-refractivity contribution in [2.24, 2.45) is 5.73 Å². The molecule has 1 fully saturated rings. The van der Waals surface area contributed by atoms with Gasteiger partial charge in [-0.2, -0.15) is 0 Å². The Bertz CT molecular complexity index is 400. The molecule has 0 amide bonds. The van der Waals surface area contributed by atoms with Gasteiger partial charge in [0.25, 0.3) is 0 Å². The molecule has 0 spiro atoms.